The van der Waals surface area contributed by atoms with E-state index < -0.39 is 0 Å². The minimum Gasteiger partial charge on any atom is -0.269 e. The Labute approximate surface area is 91.6 Å². The van der Waals surface area contributed by atoms with Crippen LogP contribution in [0.25, 0.3) is 0 Å². The van der Waals surface area contributed by atoms with Crippen LogP contribution in [-0.2, 0) is 0 Å². The maximum atomic E-state index is 4.18. The smallest absolute Gasteiger partial charge is 0.0265 e. The SMILES string of the molecule is Cc1cccc([C@H](C)C2=CN=CC2)c1C. The number of benzene rings is 1. The van der Waals surface area contributed by atoms with Gasteiger partial charge >= 0.3 is 0 Å². The highest BCUT2D eigenvalue weighted by molar-refractivity contribution is 5.66. The average molecular weight is 199 g/mol. The molecule has 0 N–H and O–H groups in total. The van der Waals surface area contributed by atoms with Gasteiger partial charge in [-0.3, -0.25) is 4.99 Å². The second-order valence-corrected chi connectivity index (χ2v) is 4.25. The minimum absolute atomic E-state index is 0.493. The molecule has 0 saturated carbocycles. The Morgan fingerprint density at radius 1 is 1.27 bits per heavy atom. The maximum Gasteiger partial charge on any atom is 0.0265 e. The third-order valence-electron chi connectivity index (χ3n) is 3.34. The first-order chi connectivity index (χ1) is 7.20. The van der Waals surface area contributed by atoms with Crippen LogP contribution in [0.15, 0.2) is 35.0 Å². The Balaban J connectivity index is 2.33. The molecule has 0 aliphatic carbocycles. The van der Waals surface area contributed by atoms with Crippen LogP contribution < -0.4 is 0 Å². The summed E-state index contributed by atoms with van der Waals surface area (Å²) in [5, 5.41) is 0. The summed E-state index contributed by atoms with van der Waals surface area (Å²) in [7, 11) is 0. The van der Waals surface area contributed by atoms with E-state index >= 15 is 0 Å². The third kappa shape index (κ3) is 1.87. The van der Waals surface area contributed by atoms with Gasteiger partial charge in [-0.05, 0) is 36.1 Å². The summed E-state index contributed by atoms with van der Waals surface area (Å²) in [5.74, 6) is 0.493. The molecule has 0 fully saturated rings. The van der Waals surface area contributed by atoms with E-state index in [4.69, 9.17) is 0 Å². The van der Waals surface area contributed by atoms with Crippen molar-refractivity contribution in [1.29, 1.82) is 0 Å². The Morgan fingerprint density at radius 3 is 2.73 bits per heavy atom. The second kappa shape index (κ2) is 4.01. The van der Waals surface area contributed by atoms with Gasteiger partial charge in [-0.1, -0.05) is 25.1 Å². The van der Waals surface area contributed by atoms with Gasteiger partial charge < -0.3 is 0 Å². The fourth-order valence-corrected chi connectivity index (χ4v) is 2.09. The highest BCUT2D eigenvalue weighted by atomic mass is 14.7. The van der Waals surface area contributed by atoms with Crippen LogP contribution in [0.2, 0.25) is 0 Å². The largest absolute Gasteiger partial charge is 0.269 e. The van der Waals surface area contributed by atoms with Crippen LogP contribution in [0.3, 0.4) is 0 Å². The number of allylic oxidation sites excluding steroid dienone is 1. The van der Waals surface area contributed by atoms with Crippen molar-refractivity contribution in [3.8, 4) is 0 Å². The molecular formula is C14H17N. The van der Waals surface area contributed by atoms with E-state index in [1.54, 1.807) is 0 Å². The molecular weight excluding hydrogens is 182 g/mol. The normalized spacial score (nSPS) is 16.6. The van der Waals surface area contributed by atoms with Gasteiger partial charge in [0.25, 0.3) is 0 Å². The number of nitrogens with zero attached hydrogens (tertiary/aromatic N) is 1. The van der Waals surface area contributed by atoms with Crippen molar-refractivity contribution in [1.82, 2.24) is 0 Å². The summed E-state index contributed by atoms with van der Waals surface area (Å²) in [6, 6.07) is 6.54. The molecule has 0 aromatic heterocycles. The number of hydrogen-bond donors (Lipinski definition) is 0. The van der Waals surface area contributed by atoms with Gasteiger partial charge in [0.1, 0.15) is 0 Å². The molecule has 0 saturated heterocycles. The van der Waals surface area contributed by atoms with Gasteiger partial charge in [0.2, 0.25) is 0 Å². The van der Waals surface area contributed by atoms with E-state index in [-0.39, 0.29) is 0 Å². The fourth-order valence-electron chi connectivity index (χ4n) is 2.09. The topological polar surface area (TPSA) is 12.4 Å². The van der Waals surface area contributed by atoms with Crippen molar-refractivity contribution in [2.45, 2.75) is 33.1 Å². The van der Waals surface area contributed by atoms with Crippen LogP contribution in [0, 0.1) is 13.8 Å². The zero-order chi connectivity index (χ0) is 10.8. The molecule has 78 valence electrons. The van der Waals surface area contributed by atoms with Gasteiger partial charge in [0.15, 0.2) is 0 Å². The predicted octanol–water partition coefficient (Wildman–Crippen LogP) is 3.77. The van der Waals surface area contributed by atoms with Crippen LogP contribution in [0.4, 0.5) is 0 Å². The zero-order valence-corrected chi connectivity index (χ0v) is 9.62. The summed E-state index contributed by atoms with van der Waals surface area (Å²) < 4.78 is 0. The summed E-state index contributed by atoms with van der Waals surface area (Å²) in [4.78, 5) is 4.18. The molecule has 1 aliphatic heterocycles. The Bertz CT molecular complexity index is 427. The molecule has 15 heavy (non-hydrogen) atoms. The van der Waals surface area contributed by atoms with Crippen molar-refractivity contribution >= 4 is 6.21 Å². The van der Waals surface area contributed by atoms with Crippen LogP contribution in [0.5, 0.6) is 0 Å². The van der Waals surface area contributed by atoms with Crippen LogP contribution in [-0.4, -0.2) is 6.21 Å². The lowest BCUT2D eigenvalue weighted by molar-refractivity contribution is 0.867. The molecule has 1 heteroatoms. The number of hydrogen-bond acceptors (Lipinski definition) is 1. The van der Waals surface area contributed by atoms with Crippen molar-refractivity contribution < 1.29 is 0 Å². The van der Waals surface area contributed by atoms with Gasteiger partial charge in [0, 0.05) is 24.8 Å². The van der Waals surface area contributed by atoms with E-state index in [2.05, 4.69) is 44.0 Å². The van der Waals surface area contributed by atoms with Gasteiger partial charge in [0.05, 0.1) is 0 Å². The number of rotatable bonds is 2. The molecule has 1 aromatic rings. The zero-order valence-electron chi connectivity index (χ0n) is 9.62. The van der Waals surface area contributed by atoms with E-state index in [0.29, 0.717) is 5.92 Å². The Kier molecular flexibility index (Phi) is 2.72. The lowest BCUT2D eigenvalue weighted by Crippen LogP contribution is -2.00. The van der Waals surface area contributed by atoms with E-state index in [1.165, 1.54) is 22.3 Å². The number of aryl methyl sites for hydroxylation is 1. The lowest BCUT2D eigenvalue weighted by Gasteiger charge is -2.16. The van der Waals surface area contributed by atoms with E-state index in [1.807, 2.05) is 12.4 Å². The molecule has 1 aromatic carbocycles. The lowest BCUT2D eigenvalue weighted by atomic mass is 9.88. The molecule has 0 bridgehead atoms. The van der Waals surface area contributed by atoms with Crippen LogP contribution >= 0.6 is 0 Å². The molecule has 1 aliphatic rings. The van der Waals surface area contributed by atoms with E-state index in [9.17, 15) is 0 Å². The molecule has 2 rings (SSSR count). The Morgan fingerprint density at radius 2 is 2.07 bits per heavy atom. The summed E-state index contributed by atoms with van der Waals surface area (Å²) in [5.41, 5.74) is 5.65. The molecule has 0 amide bonds. The third-order valence-corrected chi connectivity index (χ3v) is 3.34. The van der Waals surface area contributed by atoms with Gasteiger partial charge in [-0.25, -0.2) is 0 Å². The minimum atomic E-state index is 0.493. The highest BCUT2D eigenvalue weighted by Gasteiger charge is 2.15. The fraction of sp³-hybridized carbons (Fsp3) is 0.357. The average Bonchev–Trinajstić information content (AvgIpc) is 2.74. The monoisotopic (exact) mass is 199 g/mol. The predicted molar refractivity (Wildman–Crippen MR) is 65.5 cm³/mol. The van der Waals surface area contributed by atoms with E-state index in [0.717, 1.165) is 6.42 Å². The van der Waals surface area contributed by atoms with Crippen molar-refractivity contribution in [2.24, 2.45) is 4.99 Å². The van der Waals surface area contributed by atoms with Crippen molar-refractivity contribution in [3.05, 3.63) is 46.7 Å². The van der Waals surface area contributed by atoms with Crippen molar-refractivity contribution in [3.63, 3.8) is 0 Å². The molecule has 1 nitrogen and oxygen atoms in total. The first-order valence-electron chi connectivity index (χ1n) is 5.47. The molecule has 1 atom stereocenters. The summed E-state index contributed by atoms with van der Waals surface area (Å²) >= 11 is 0. The molecule has 0 spiro atoms. The van der Waals surface area contributed by atoms with Gasteiger partial charge in [-0.2, -0.15) is 0 Å². The molecule has 0 unspecified atom stereocenters. The quantitative estimate of drug-likeness (QED) is 0.687. The standard InChI is InChI=1S/C14H17N/c1-10-5-4-6-14(11(10)2)12(3)13-7-8-15-9-13/h4-6,8-9,12H,7H2,1-3H3/t12-/m1/s1. The second-order valence-electron chi connectivity index (χ2n) is 4.25. The highest BCUT2D eigenvalue weighted by Crippen LogP contribution is 2.30. The summed E-state index contributed by atoms with van der Waals surface area (Å²) in [6.45, 7) is 6.64. The first-order valence-corrected chi connectivity index (χ1v) is 5.47. The van der Waals surface area contributed by atoms with Crippen LogP contribution in [0.1, 0.15) is 36.0 Å². The number of aliphatic imine (C=N–C) groups is 1. The van der Waals surface area contributed by atoms with Crippen molar-refractivity contribution in [2.75, 3.05) is 0 Å². The first kappa shape index (κ1) is 10.2. The molecule has 1 heterocycles. The van der Waals surface area contributed by atoms with Gasteiger partial charge in [-0.15, -0.1) is 0 Å². The summed E-state index contributed by atoms with van der Waals surface area (Å²) in [6.07, 6.45) is 5.00. The Hall–Kier alpha value is -1.37. The molecule has 0 radical (unpaired) electrons. The maximum absolute atomic E-state index is 4.18.